The van der Waals surface area contributed by atoms with E-state index in [1.807, 2.05) is 23.1 Å². The van der Waals surface area contributed by atoms with Crippen LogP contribution in [0.4, 0.5) is 0 Å². The molecule has 0 saturated heterocycles. The summed E-state index contributed by atoms with van der Waals surface area (Å²) in [5.41, 5.74) is 2.31. The number of rotatable bonds is 6. The van der Waals surface area contributed by atoms with Gasteiger partial charge in [0.25, 0.3) is 0 Å². The van der Waals surface area contributed by atoms with Crippen molar-refractivity contribution in [3.8, 4) is 10.6 Å². The molecule has 2 atom stereocenters. The number of thiazole rings is 1. The monoisotopic (exact) mass is 318 g/mol. The molecule has 3 rings (SSSR count). The number of nitrogens with zero attached hydrogens (tertiary/aromatic N) is 3. The van der Waals surface area contributed by atoms with Gasteiger partial charge in [-0.2, -0.15) is 16.4 Å². The van der Waals surface area contributed by atoms with E-state index in [0.29, 0.717) is 12.1 Å². The van der Waals surface area contributed by atoms with Crippen molar-refractivity contribution >= 4 is 22.7 Å². The lowest BCUT2D eigenvalue weighted by Crippen LogP contribution is -2.33. The van der Waals surface area contributed by atoms with Crippen molar-refractivity contribution in [1.29, 1.82) is 0 Å². The highest BCUT2D eigenvalue weighted by atomic mass is 32.1. The largest absolute Gasteiger partial charge is 0.306 e. The molecule has 0 bridgehead atoms. The molecule has 0 unspecified atom stereocenters. The van der Waals surface area contributed by atoms with Gasteiger partial charge in [0.15, 0.2) is 0 Å². The van der Waals surface area contributed by atoms with E-state index in [4.69, 9.17) is 0 Å². The Morgan fingerprint density at radius 2 is 2.24 bits per heavy atom. The molecule has 21 heavy (non-hydrogen) atoms. The summed E-state index contributed by atoms with van der Waals surface area (Å²) < 4.78 is 1.98. The van der Waals surface area contributed by atoms with Gasteiger partial charge in [0, 0.05) is 41.3 Å². The van der Waals surface area contributed by atoms with E-state index in [2.05, 4.69) is 51.5 Å². The summed E-state index contributed by atoms with van der Waals surface area (Å²) in [6.07, 6.45) is 3.82. The van der Waals surface area contributed by atoms with Gasteiger partial charge < -0.3 is 5.32 Å². The lowest BCUT2D eigenvalue weighted by atomic mass is 10.2. The number of nitrogens with one attached hydrogen (secondary N) is 1. The van der Waals surface area contributed by atoms with Crippen LogP contribution in [-0.2, 0) is 6.54 Å². The smallest absolute Gasteiger partial charge is 0.124 e. The molecule has 0 aromatic carbocycles. The molecule has 0 fully saturated rings. The van der Waals surface area contributed by atoms with E-state index in [0.717, 1.165) is 17.2 Å². The lowest BCUT2D eigenvalue weighted by Gasteiger charge is -2.21. The van der Waals surface area contributed by atoms with Gasteiger partial charge in [-0.15, -0.1) is 11.3 Å². The molecule has 0 spiro atoms. The van der Waals surface area contributed by atoms with Gasteiger partial charge in [0.05, 0.1) is 11.7 Å². The average molecular weight is 318 g/mol. The summed E-state index contributed by atoms with van der Waals surface area (Å²) in [5, 5.41) is 15.3. The molecule has 4 nitrogen and oxygen atoms in total. The minimum atomic E-state index is 0.315. The second-order valence-corrected chi connectivity index (χ2v) is 6.69. The first-order chi connectivity index (χ1) is 10.2. The lowest BCUT2D eigenvalue weighted by molar-refractivity contribution is 0.364. The Morgan fingerprint density at radius 1 is 1.33 bits per heavy atom. The molecule has 0 saturated carbocycles. The number of aromatic nitrogens is 3. The Hall–Kier alpha value is -1.50. The Morgan fingerprint density at radius 3 is 2.95 bits per heavy atom. The summed E-state index contributed by atoms with van der Waals surface area (Å²) in [7, 11) is 0. The minimum Gasteiger partial charge on any atom is -0.306 e. The van der Waals surface area contributed by atoms with Crippen LogP contribution in [0.15, 0.2) is 40.7 Å². The van der Waals surface area contributed by atoms with Crippen molar-refractivity contribution in [2.75, 3.05) is 0 Å². The molecule has 0 amide bonds. The zero-order valence-corrected chi connectivity index (χ0v) is 13.7. The second kappa shape index (κ2) is 6.51. The Bertz CT molecular complexity index is 658. The molecule has 6 heteroatoms. The first-order valence-corrected chi connectivity index (χ1v) is 8.76. The molecular weight excluding hydrogens is 300 g/mol. The topological polar surface area (TPSA) is 42.7 Å². The minimum absolute atomic E-state index is 0.315. The maximum absolute atomic E-state index is 4.69. The highest BCUT2D eigenvalue weighted by Crippen LogP contribution is 2.25. The third kappa shape index (κ3) is 3.40. The third-order valence-electron chi connectivity index (χ3n) is 3.59. The molecule has 0 aliphatic carbocycles. The van der Waals surface area contributed by atoms with Crippen LogP contribution < -0.4 is 5.32 Å². The van der Waals surface area contributed by atoms with Gasteiger partial charge in [-0.25, -0.2) is 4.98 Å². The summed E-state index contributed by atoms with van der Waals surface area (Å²) in [6, 6.07) is 4.71. The Labute approximate surface area is 132 Å². The highest BCUT2D eigenvalue weighted by Gasteiger charge is 2.14. The van der Waals surface area contributed by atoms with Crippen molar-refractivity contribution in [2.45, 2.75) is 32.5 Å². The summed E-state index contributed by atoms with van der Waals surface area (Å²) >= 11 is 3.41. The van der Waals surface area contributed by atoms with Crippen LogP contribution in [0.5, 0.6) is 0 Å². The highest BCUT2D eigenvalue weighted by molar-refractivity contribution is 7.14. The summed E-state index contributed by atoms with van der Waals surface area (Å²) in [4.78, 5) is 4.69. The van der Waals surface area contributed by atoms with Crippen molar-refractivity contribution in [3.05, 3.63) is 46.4 Å². The van der Waals surface area contributed by atoms with Crippen LogP contribution in [-0.4, -0.2) is 20.8 Å². The van der Waals surface area contributed by atoms with Crippen LogP contribution >= 0.6 is 22.7 Å². The zero-order valence-electron chi connectivity index (χ0n) is 12.1. The number of hydrogen-bond donors (Lipinski definition) is 1. The zero-order chi connectivity index (χ0) is 14.7. The van der Waals surface area contributed by atoms with E-state index in [-0.39, 0.29) is 0 Å². The van der Waals surface area contributed by atoms with Gasteiger partial charge in [-0.3, -0.25) is 4.68 Å². The van der Waals surface area contributed by atoms with Crippen molar-refractivity contribution in [1.82, 2.24) is 20.1 Å². The fourth-order valence-electron chi connectivity index (χ4n) is 2.09. The fourth-order valence-corrected chi connectivity index (χ4v) is 3.63. The SMILES string of the molecule is C[C@H]([C@@H](C)NCc1csc(-c2ccsc2)n1)n1cccn1. The third-order valence-corrected chi connectivity index (χ3v) is 5.21. The summed E-state index contributed by atoms with van der Waals surface area (Å²) in [5.74, 6) is 0. The maximum Gasteiger partial charge on any atom is 0.124 e. The van der Waals surface area contributed by atoms with Gasteiger partial charge in [0.1, 0.15) is 5.01 Å². The normalized spacial score (nSPS) is 14.2. The van der Waals surface area contributed by atoms with Crippen LogP contribution in [0.1, 0.15) is 25.6 Å². The second-order valence-electron chi connectivity index (χ2n) is 5.05. The van der Waals surface area contributed by atoms with E-state index < -0.39 is 0 Å². The van der Waals surface area contributed by atoms with Crippen molar-refractivity contribution in [2.24, 2.45) is 0 Å². The van der Waals surface area contributed by atoms with E-state index in [1.54, 1.807) is 22.7 Å². The molecule has 0 aliphatic heterocycles. The van der Waals surface area contributed by atoms with Gasteiger partial charge >= 0.3 is 0 Å². The molecule has 0 radical (unpaired) electrons. The van der Waals surface area contributed by atoms with Crippen molar-refractivity contribution in [3.63, 3.8) is 0 Å². The van der Waals surface area contributed by atoms with Gasteiger partial charge in [-0.1, -0.05) is 0 Å². The first-order valence-electron chi connectivity index (χ1n) is 6.93. The molecular formula is C15H18N4S2. The quantitative estimate of drug-likeness (QED) is 0.751. The molecule has 3 aromatic rings. The van der Waals surface area contributed by atoms with Gasteiger partial charge in [-0.05, 0) is 31.4 Å². The van der Waals surface area contributed by atoms with Crippen LogP contribution in [0.3, 0.4) is 0 Å². The summed E-state index contributed by atoms with van der Waals surface area (Å²) in [6.45, 7) is 5.13. The van der Waals surface area contributed by atoms with Crippen LogP contribution in [0.2, 0.25) is 0 Å². The predicted molar refractivity (Wildman–Crippen MR) is 88.7 cm³/mol. The van der Waals surface area contributed by atoms with Crippen molar-refractivity contribution < 1.29 is 0 Å². The standard InChI is InChI=1S/C15H18N4S2/c1-11(12(2)19-6-3-5-17-19)16-8-14-10-21-15(18-14)13-4-7-20-9-13/h3-7,9-12,16H,8H2,1-2H3/t11-,12-/m1/s1. The number of thiophene rings is 1. The van der Waals surface area contributed by atoms with E-state index in [1.165, 1.54) is 5.56 Å². The molecule has 0 aliphatic rings. The Kier molecular flexibility index (Phi) is 4.48. The molecule has 3 heterocycles. The number of hydrogen-bond acceptors (Lipinski definition) is 5. The first kappa shape index (κ1) is 14.4. The molecule has 3 aromatic heterocycles. The molecule has 110 valence electrons. The predicted octanol–water partition coefficient (Wildman–Crippen LogP) is 3.81. The van der Waals surface area contributed by atoms with Crippen LogP contribution in [0, 0.1) is 0 Å². The van der Waals surface area contributed by atoms with Crippen LogP contribution in [0.25, 0.3) is 10.6 Å². The Balaban J connectivity index is 1.58. The maximum atomic E-state index is 4.69. The fraction of sp³-hybridized carbons (Fsp3) is 0.333. The average Bonchev–Trinajstić information content (AvgIpc) is 3.25. The van der Waals surface area contributed by atoms with Gasteiger partial charge in [0.2, 0.25) is 0 Å². The van der Waals surface area contributed by atoms with E-state index in [9.17, 15) is 0 Å². The van der Waals surface area contributed by atoms with E-state index >= 15 is 0 Å². The molecule has 1 N–H and O–H groups in total.